The average molecular weight is 343 g/mol. The molecule has 2 saturated heterocycles. The summed E-state index contributed by atoms with van der Waals surface area (Å²) in [5.41, 5.74) is 0.553. The Bertz CT molecular complexity index is 723. The van der Waals surface area contributed by atoms with Crippen LogP contribution in [0.4, 0.5) is 0 Å². The Hall–Kier alpha value is -2.22. The molecule has 2 aliphatic heterocycles. The number of likely N-dealkylation sites (tertiary alicyclic amines) is 1. The SMILES string of the molecule is Cc1nc(C2CCN(C(=O)c3ccn([C@H]4CCCNC4)n3)CC2)n[nH]1. The molecule has 0 spiro atoms. The number of amides is 1. The van der Waals surface area contributed by atoms with Gasteiger partial charge in [0.15, 0.2) is 5.82 Å². The smallest absolute Gasteiger partial charge is 0.274 e. The molecular formula is C17H25N7O. The van der Waals surface area contributed by atoms with Crippen LogP contribution in [0.3, 0.4) is 0 Å². The van der Waals surface area contributed by atoms with Crippen LogP contribution in [0.1, 0.15) is 59.8 Å². The summed E-state index contributed by atoms with van der Waals surface area (Å²) in [4.78, 5) is 19.1. The van der Waals surface area contributed by atoms with Gasteiger partial charge >= 0.3 is 0 Å². The van der Waals surface area contributed by atoms with Gasteiger partial charge in [-0.2, -0.15) is 10.2 Å². The zero-order chi connectivity index (χ0) is 17.2. The maximum absolute atomic E-state index is 12.7. The zero-order valence-electron chi connectivity index (χ0n) is 14.6. The van der Waals surface area contributed by atoms with Crippen molar-refractivity contribution < 1.29 is 4.79 Å². The number of rotatable bonds is 3. The molecule has 4 rings (SSSR count). The van der Waals surface area contributed by atoms with E-state index < -0.39 is 0 Å². The van der Waals surface area contributed by atoms with Gasteiger partial charge < -0.3 is 10.2 Å². The molecule has 2 aromatic heterocycles. The summed E-state index contributed by atoms with van der Waals surface area (Å²) in [7, 11) is 0. The van der Waals surface area contributed by atoms with E-state index in [1.165, 1.54) is 0 Å². The first-order chi connectivity index (χ1) is 12.2. The molecule has 0 bridgehead atoms. The van der Waals surface area contributed by atoms with Gasteiger partial charge in [0, 0.05) is 31.7 Å². The Morgan fingerprint density at radius 2 is 2.12 bits per heavy atom. The first kappa shape index (κ1) is 16.3. The monoisotopic (exact) mass is 343 g/mol. The van der Waals surface area contributed by atoms with Gasteiger partial charge in [-0.05, 0) is 45.2 Å². The van der Waals surface area contributed by atoms with Crippen molar-refractivity contribution in [3.8, 4) is 0 Å². The lowest BCUT2D eigenvalue weighted by molar-refractivity contribution is 0.0703. The van der Waals surface area contributed by atoms with Crippen molar-refractivity contribution in [2.24, 2.45) is 0 Å². The summed E-state index contributed by atoms with van der Waals surface area (Å²) in [6.45, 7) is 5.37. The molecule has 0 unspecified atom stereocenters. The largest absolute Gasteiger partial charge is 0.337 e. The van der Waals surface area contributed by atoms with E-state index in [0.717, 1.165) is 63.5 Å². The highest BCUT2D eigenvalue weighted by atomic mass is 16.2. The number of H-pyrrole nitrogens is 1. The third-order valence-electron chi connectivity index (χ3n) is 5.23. The number of piperidine rings is 2. The molecule has 2 fully saturated rings. The van der Waals surface area contributed by atoms with Gasteiger partial charge in [0.2, 0.25) is 0 Å². The lowest BCUT2D eigenvalue weighted by Gasteiger charge is -2.30. The van der Waals surface area contributed by atoms with Gasteiger partial charge in [-0.1, -0.05) is 0 Å². The van der Waals surface area contributed by atoms with Crippen LogP contribution in [-0.4, -0.2) is 61.9 Å². The van der Waals surface area contributed by atoms with Crippen LogP contribution in [0.5, 0.6) is 0 Å². The van der Waals surface area contributed by atoms with Crippen LogP contribution in [0, 0.1) is 6.92 Å². The van der Waals surface area contributed by atoms with Crippen LogP contribution in [0.2, 0.25) is 0 Å². The minimum absolute atomic E-state index is 0.0344. The number of carbonyl (C=O) groups is 1. The number of nitrogens with one attached hydrogen (secondary N) is 2. The van der Waals surface area contributed by atoms with Gasteiger partial charge in [-0.25, -0.2) is 4.98 Å². The minimum atomic E-state index is 0.0344. The Balaban J connectivity index is 1.36. The molecule has 2 N–H and O–H groups in total. The van der Waals surface area contributed by atoms with Gasteiger partial charge in [0.1, 0.15) is 11.5 Å². The first-order valence-corrected chi connectivity index (χ1v) is 9.15. The van der Waals surface area contributed by atoms with Crippen molar-refractivity contribution in [1.82, 2.24) is 35.2 Å². The van der Waals surface area contributed by atoms with E-state index in [-0.39, 0.29) is 5.91 Å². The van der Waals surface area contributed by atoms with Crippen molar-refractivity contribution in [2.75, 3.05) is 26.2 Å². The Kier molecular flexibility index (Phi) is 4.52. The van der Waals surface area contributed by atoms with Crippen LogP contribution >= 0.6 is 0 Å². The summed E-state index contributed by atoms with van der Waals surface area (Å²) in [6, 6.07) is 2.21. The van der Waals surface area contributed by atoms with Crippen molar-refractivity contribution in [2.45, 2.75) is 44.6 Å². The minimum Gasteiger partial charge on any atom is -0.337 e. The number of aromatic nitrogens is 5. The third kappa shape index (κ3) is 3.44. The molecule has 0 radical (unpaired) electrons. The standard InChI is InChI=1S/C17H25N7O/c1-12-19-16(21-20-12)13-4-8-23(9-5-13)17(25)15-6-10-24(22-15)14-3-2-7-18-11-14/h6,10,13-14,18H,2-5,7-9,11H2,1H3,(H,19,20,21)/t14-/m0/s1. The van der Waals surface area contributed by atoms with E-state index in [0.29, 0.717) is 17.7 Å². The van der Waals surface area contributed by atoms with E-state index in [2.05, 4.69) is 25.6 Å². The molecule has 1 amide bonds. The second kappa shape index (κ2) is 6.95. The predicted molar refractivity (Wildman–Crippen MR) is 92.4 cm³/mol. The average Bonchev–Trinajstić information content (AvgIpc) is 3.31. The lowest BCUT2D eigenvalue weighted by atomic mass is 9.96. The first-order valence-electron chi connectivity index (χ1n) is 9.15. The lowest BCUT2D eigenvalue weighted by Crippen LogP contribution is -2.38. The number of hydrogen-bond donors (Lipinski definition) is 2. The molecule has 4 heterocycles. The van der Waals surface area contributed by atoms with Gasteiger partial charge in [-0.15, -0.1) is 0 Å². The second-order valence-electron chi connectivity index (χ2n) is 7.03. The molecular weight excluding hydrogens is 318 g/mol. The number of nitrogens with zero attached hydrogens (tertiary/aromatic N) is 5. The maximum Gasteiger partial charge on any atom is 0.274 e. The molecule has 8 heteroatoms. The van der Waals surface area contributed by atoms with E-state index in [4.69, 9.17) is 0 Å². The summed E-state index contributed by atoms with van der Waals surface area (Å²) < 4.78 is 1.95. The molecule has 0 saturated carbocycles. The summed E-state index contributed by atoms with van der Waals surface area (Å²) in [5, 5.41) is 15.1. The topological polar surface area (TPSA) is 91.7 Å². The molecule has 1 atom stereocenters. The molecule has 25 heavy (non-hydrogen) atoms. The van der Waals surface area contributed by atoms with E-state index in [9.17, 15) is 4.79 Å². The number of carbonyl (C=O) groups excluding carboxylic acids is 1. The molecule has 8 nitrogen and oxygen atoms in total. The number of aryl methyl sites for hydroxylation is 1. The summed E-state index contributed by atoms with van der Waals surface area (Å²) in [5.74, 6) is 2.09. The van der Waals surface area contributed by atoms with Crippen molar-refractivity contribution >= 4 is 5.91 Å². The summed E-state index contributed by atoms with van der Waals surface area (Å²) in [6.07, 6.45) is 6.01. The van der Waals surface area contributed by atoms with E-state index in [1.54, 1.807) is 0 Å². The normalized spacial score (nSPS) is 22.3. The van der Waals surface area contributed by atoms with Gasteiger partial charge in [-0.3, -0.25) is 14.6 Å². The maximum atomic E-state index is 12.7. The fourth-order valence-electron chi connectivity index (χ4n) is 3.76. The molecule has 134 valence electrons. The zero-order valence-corrected chi connectivity index (χ0v) is 14.6. The molecule has 2 aliphatic rings. The van der Waals surface area contributed by atoms with E-state index in [1.807, 2.05) is 28.8 Å². The number of aromatic amines is 1. The highest BCUT2D eigenvalue weighted by molar-refractivity contribution is 5.92. The fraction of sp³-hybridized carbons (Fsp3) is 0.647. The van der Waals surface area contributed by atoms with E-state index >= 15 is 0 Å². The Morgan fingerprint density at radius 3 is 2.80 bits per heavy atom. The van der Waals surface area contributed by atoms with Gasteiger partial charge in [0.05, 0.1) is 6.04 Å². The quantitative estimate of drug-likeness (QED) is 0.875. The second-order valence-corrected chi connectivity index (χ2v) is 7.03. The van der Waals surface area contributed by atoms with Gasteiger partial charge in [0.25, 0.3) is 5.91 Å². The predicted octanol–water partition coefficient (Wildman–Crippen LogP) is 1.25. The molecule has 0 aliphatic carbocycles. The fourth-order valence-corrected chi connectivity index (χ4v) is 3.76. The highest BCUT2D eigenvalue weighted by Gasteiger charge is 2.28. The van der Waals surface area contributed by atoms with Crippen molar-refractivity contribution in [1.29, 1.82) is 0 Å². The highest BCUT2D eigenvalue weighted by Crippen LogP contribution is 2.26. The van der Waals surface area contributed by atoms with Crippen LogP contribution < -0.4 is 5.32 Å². The number of hydrogen-bond acceptors (Lipinski definition) is 5. The summed E-state index contributed by atoms with van der Waals surface area (Å²) >= 11 is 0. The third-order valence-corrected chi connectivity index (χ3v) is 5.23. The van der Waals surface area contributed by atoms with Crippen molar-refractivity contribution in [3.05, 3.63) is 29.6 Å². The van der Waals surface area contributed by atoms with Crippen LogP contribution in [-0.2, 0) is 0 Å². The molecule has 0 aromatic carbocycles. The van der Waals surface area contributed by atoms with Crippen molar-refractivity contribution in [3.63, 3.8) is 0 Å². The Morgan fingerprint density at radius 1 is 1.28 bits per heavy atom. The van der Waals surface area contributed by atoms with Crippen LogP contribution in [0.15, 0.2) is 12.3 Å². The van der Waals surface area contributed by atoms with Crippen LogP contribution in [0.25, 0.3) is 0 Å². The molecule has 2 aromatic rings. The Labute approximate surface area is 147 Å².